The van der Waals surface area contributed by atoms with Crippen LogP contribution in [0, 0.1) is 6.92 Å². The van der Waals surface area contributed by atoms with Crippen LogP contribution in [0.2, 0.25) is 0 Å². The molecule has 0 bridgehead atoms. The molecule has 2 heterocycles. The van der Waals surface area contributed by atoms with E-state index in [0.29, 0.717) is 17.0 Å². The van der Waals surface area contributed by atoms with Crippen LogP contribution in [0.25, 0.3) is 5.57 Å². The second-order valence-corrected chi connectivity index (χ2v) is 9.38. The van der Waals surface area contributed by atoms with Gasteiger partial charge in [0.25, 0.3) is 11.8 Å². The summed E-state index contributed by atoms with van der Waals surface area (Å²) < 4.78 is 0. The molecule has 2 aliphatic heterocycles. The van der Waals surface area contributed by atoms with Crippen LogP contribution in [0.5, 0.6) is 0 Å². The predicted molar refractivity (Wildman–Crippen MR) is 121 cm³/mol. The van der Waals surface area contributed by atoms with Gasteiger partial charge in [0.05, 0.1) is 11.3 Å². The highest BCUT2D eigenvalue weighted by Gasteiger charge is 2.42. The van der Waals surface area contributed by atoms with Gasteiger partial charge in [0.1, 0.15) is 5.70 Å². The molecule has 2 aromatic carbocycles. The van der Waals surface area contributed by atoms with Gasteiger partial charge in [-0.2, -0.15) is 0 Å². The van der Waals surface area contributed by atoms with Gasteiger partial charge >= 0.3 is 0 Å². The van der Waals surface area contributed by atoms with Gasteiger partial charge in [-0.1, -0.05) is 62.7 Å². The summed E-state index contributed by atoms with van der Waals surface area (Å²) in [6.45, 7) is 10.1. The highest BCUT2D eigenvalue weighted by Crippen LogP contribution is 2.36. The maximum atomic E-state index is 13.6. The number of carbonyl (C=O) groups is 2. The highest BCUT2D eigenvalue weighted by atomic mass is 16.2. The number of benzene rings is 2. The Hall–Kier alpha value is -2.88. The van der Waals surface area contributed by atoms with Crippen LogP contribution in [0.1, 0.15) is 56.7 Å². The molecule has 0 atom stereocenters. The summed E-state index contributed by atoms with van der Waals surface area (Å²) in [7, 11) is 0. The van der Waals surface area contributed by atoms with E-state index >= 15 is 0 Å². The first-order valence-electron chi connectivity index (χ1n) is 10.8. The Kier molecular flexibility index (Phi) is 5.27. The zero-order valence-electron chi connectivity index (χ0n) is 18.4. The van der Waals surface area contributed by atoms with Gasteiger partial charge in [0, 0.05) is 13.1 Å². The standard InChI is InChI=1S/C26H30N2O2/c1-18-8-10-19(11-9-18)22-23(27-16-6-5-7-17-27)25(30)28(24(22)29)21-14-12-20(13-15-21)26(2,3)4/h8-15H,5-7,16-17H2,1-4H3. The van der Waals surface area contributed by atoms with Crippen LogP contribution in [0.15, 0.2) is 54.2 Å². The van der Waals surface area contributed by atoms with E-state index in [-0.39, 0.29) is 17.2 Å². The molecule has 0 aromatic heterocycles. The number of imide groups is 1. The van der Waals surface area contributed by atoms with Crippen molar-refractivity contribution in [3.63, 3.8) is 0 Å². The summed E-state index contributed by atoms with van der Waals surface area (Å²) in [5, 5.41) is 0. The SMILES string of the molecule is Cc1ccc(C2=C(N3CCCCC3)C(=O)N(c3ccc(C(C)(C)C)cc3)C2=O)cc1. The van der Waals surface area contributed by atoms with Crippen LogP contribution in [0.3, 0.4) is 0 Å². The fourth-order valence-corrected chi connectivity index (χ4v) is 4.25. The number of rotatable bonds is 3. The molecule has 2 aromatic rings. The molecule has 0 unspecified atom stereocenters. The minimum absolute atomic E-state index is 0.0157. The van der Waals surface area contributed by atoms with E-state index in [1.165, 1.54) is 16.9 Å². The van der Waals surface area contributed by atoms with Crippen LogP contribution >= 0.6 is 0 Å². The molecule has 0 N–H and O–H groups in total. The first-order chi connectivity index (χ1) is 14.3. The summed E-state index contributed by atoms with van der Waals surface area (Å²) >= 11 is 0. The molecule has 4 rings (SSSR count). The Labute approximate surface area is 179 Å². The lowest BCUT2D eigenvalue weighted by atomic mass is 9.87. The third-order valence-corrected chi connectivity index (χ3v) is 6.06. The minimum atomic E-state index is -0.229. The van der Waals surface area contributed by atoms with Crippen LogP contribution in [-0.2, 0) is 15.0 Å². The van der Waals surface area contributed by atoms with E-state index in [1.54, 1.807) is 0 Å². The number of carbonyl (C=O) groups excluding carboxylic acids is 2. The van der Waals surface area contributed by atoms with E-state index in [0.717, 1.165) is 37.1 Å². The number of hydrogen-bond acceptors (Lipinski definition) is 3. The normalized spacial score (nSPS) is 17.9. The molecule has 4 heteroatoms. The average molecular weight is 403 g/mol. The van der Waals surface area contributed by atoms with E-state index in [2.05, 4.69) is 25.7 Å². The molecule has 0 aliphatic carbocycles. The zero-order chi connectivity index (χ0) is 21.5. The van der Waals surface area contributed by atoms with Crippen molar-refractivity contribution in [2.24, 2.45) is 0 Å². The van der Waals surface area contributed by atoms with Gasteiger partial charge in [-0.3, -0.25) is 9.59 Å². The van der Waals surface area contributed by atoms with E-state index in [1.807, 2.05) is 55.5 Å². The van der Waals surface area contributed by atoms with Crippen molar-refractivity contribution in [1.82, 2.24) is 4.90 Å². The van der Waals surface area contributed by atoms with Crippen molar-refractivity contribution < 1.29 is 9.59 Å². The van der Waals surface area contributed by atoms with Crippen LogP contribution in [-0.4, -0.2) is 29.8 Å². The zero-order valence-corrected chi connectivity index (χ0v) is 18.4. The second kappa shape index (κ2) is 7.75. The molecule has 0 radical (unpaired) electrons. The summed E-state index contributed by atoms with van der Waals surface area (Å²) in [6, 6.07) is 15.7. The number of anilines is 1. The van der Waals surface area contributed by atoms with Crippen molar-refractivity contribution in [1.29, 1.82) is 0 Å². The Morgan fingerprint density at radius 1 is 0.767 bits per heavy atom. The van der Waals surface area contributed by atoms with Crippen molar-refractivity contribution in [3.8, 4) is 0 Å². The molecule has 2 amide bonds. The molecular formula is C26H30N2O2. The monoisotopic (exact) mass is 402 g/mol. The number of likely N-dealkylation sites (tertiary alicyclic amines) is 1. The molecular weight excluding hydrogens is 372 g/mol. The summed E-state index contributed by atoms with van der Waals surface area (Å²) in [5.41, 5.74) is 4.86. The Bertz CT molecular complexity index is 989. The molecule has 1 fully saturated rings. The van der Waals surface area contributed by atoms with Gasteiger partial charge in [0.15, 0.2) is 0 Å². The van der Waals surface area contributed by atoms with Crippen molar-refractivity contribution >= 4 is 23.1 Å². The lowest BCUT2D eigenvalue weighted by molar-refractivity contribution is -0.120. The van der Waals surface area contributed by atoms with Crippen molar-refractivity contribution in [3.05, 3.63) is 70.9 Å². The fourth-order valence-electron chi connectivity index (χ4n) is 4.25. The average Bonchev–Trinajstić information content (AvgIpc) is 2.99. The van der Waals surface area contributed by atoms with Gasteiger partial charge < -0.3 is 4.90 Å². The van der Waals surface area contributed by atoms with Crippen LogP contribution in [0.4, 0.5) is 5.69 Å². The topological polar surface area (TPSA) is 40.6 Å². The first-order valence-corrected chi connectivity index (χ1v) is 10.8. The fraction of sp³-hybridized carbons (Fsp3) is 0.385. The molecule has 156 valence electrons. The highest BCUT2D eigenvalue weighted by molar-refractivity contribution is 6.45. The molecule has 2 aliphatic rings. The molecule has 0 spiro atoms. The third-order valence-electron chi connectivity index (χ3n) is 6.06. The van der Waals surface area contributed by atoms with E-state index < -0.39 is 0 Å². The molecule has 1 saturated heterocycles. The number of amides is 2. The number of piperidine rings is 1. The summed E-state index contributed by atoms with van der Waals surface area (Å²) in [6.07, 6.45) is 3.27. The molecule has 30 heavy (non-hydrogen) atoms. The Balaban J connectivity index is 1.77. The van der Waals surface area contributed by atoms with E-state index in [9.17, 15) is 9.59 Å². The van der Waals surface area contributed by atoms with Gasteiger partial charge in [-0.15, -0.1) is 0 Å². The quantitative estimate of drug-likeness (QED) is 0.674. The Morgan fingerprint density at radius 3 is 1.93 bits per heavy atom. The van der Waals surface area contributed by atoms with Gasteiger partial charge in [-0.05, 0) is 54.9 Å². The summed E-state index contributed by atoms with van der Waals surface area (Å²) in [4.78, 5) is 30.6. The van der Waals surface area contributed by atoms with Gasteiger partial charge in [-0.25, -0.2) is 4.90 Å². The predicted octanol–water partition coefficient (Wildman–Crippen LogP) is 5.06. The van der Waals surface area contributed by atoms with Crippen LogP contribution < -0.4 is 4.90 Å². The first kappa shape index (κ1) is 20.4. The summed E-state index contributed by atoms with van der Waals surface area (Å²) in [5.74, 6) is -0.436. The smallest absolute Gasteiger partial charge is 0.282 e. The molecule has 4 nitrogen and oxygen atoms in total. The van der Waals surface area contributed by atoms with Crippen molar-refractivity contribution in [2.45, 2.75) is 52.4 Å². The van der Waals surface area contributed by atoms with Gasteiger partial charge in [0.2, 0.25) is 0 Å². The Morgan fingerprint density at radius 2 is 1.37 bits per heavy atom. The third kappa shape index (κ3) is 3.67. The lowest BCUT2D eigenvalue weighted by Gasteiger charge is -2.29. The molecule has 0 saturated carbocycles. The van der Waals surface area contributed by atoms with Crippen molar-refractivity contribution in [2.75, 3.05) is 18.0 Å². The maximum absolute atomic E-state index is 13.6. The number of nitrogens with zero attached hydrogens (tertiary/aromatic N) is 2. The number of aryl methyl sites for hydroxylation is 1. The maximum Gasteiger partial charge on any atom is 0.282 e. The largest absolute Gasteiger partial charge is 0.366 e. The minimum Gasteiger partial charge on any atom is -0.366 e. The lowest BCUT2D eigenvalue weighted by Crippen LogP contribution is -2.37. The second-order valence-electron chi connectivity index (χ2n) is 9.38. The number of hydrogen-bond donors (Lipinski definition) is 0. The van der Waals surface area contributed by atoms with E-state index in [4.69, 9.17) is 0 Å².